The summed E-state index contributed by atoms with van der Waals surface area (Å²) in [6.45, 7) is 4.84. The van der Waals surface area contributed by atoms with Crippen molar-refractivity contribution in [3.05, 3.63) is 78.5 Å². The van der Waals surface area contributed by atoms with Gasteiger partial charge in [-0.1, -0.05) is 29.5 Å². The molecule has 0 bridgehead atoms. The second-order valence-electron chi connectivity index (χ2n) is 8.39. The zero-order valence-electron chi connectivity index (χ0n) is 22.4. The zero-order chi connectivity index (χ0) is 28.3. The molecule has 1 unspecified atom stereocenters. The van der Waals surface area contributed by atoms with Crippen LogP contribution in [0.25, 0.3) is 6.08 Å². The van der Waals surface area contributed by atoms with E-state index < -0.39 is 18.0 Å². The van der Waals surface area contributed by atoms with Crippen molar-refractivity contribution in [1.82, 2.24) is 4.57 Å². The number of benzene rings is 2. The van der Waals surface area contributed by atoms with Crippen molar-refractivity contribution >= 4 is 29.4 Å². The Kier molecular flexibility index (Phi) is 8.20. The highest BCUT2D eigenvalue weighted by Gasteiger charge is 2.34. The van der Waals surface area contributed by atoms with Crippen molar-refractivity contribution in [2.75, 3.05) is 27.9 Å². The maximum Gasteiger partial charge on any atom is 0.338 e. The van der Waals surface area contributed by atoms with Crippen molar-refractivity contribution in [2.45, 2.75) is 26.8 Å². The number of para-hydroxylation sites is 1. The van der Waals surface area contributed by atoms with Gasteiger partial charge in [0.25, 0.3) is 5.56 Å². The second kappa shape index (κ2) is 11.6. The van der Waals surface area contributed by atoms with Crippen LogP contribution in [0.1, 0.15) is 37.9 Å². The maximum absolute atomic E-state index is 13.9. The molecule has 0 saturated carbocycles. The summed E-state index contributed by atoms with van der Waals surface area (Å²) in [5.74, 6) is 0.392. The first-order valence-corrected chi connectivity index (χ1v) is 12.8. The van der Waals surface area contributed by atoms with Crippen LogP contribution in [-0.2, 0) is 14.3 Å². The maximum atomic E-state index is 13.9. The Bertz CT molecular complexity index is 1650. The van der Waals surface area contributed by atoms with Crippen LogP contribution in [-0.4, -0.2) is 44.4 Å². The van der Waals surface area contributed by atoms with Gasteiger partial charge in [-0.25, -0.2) is 9.79 Å². The Morgan fingerprint density at radius 3 is 2.44 bits per heavy atom. The average Bonchev–Trinajstić information content (AvgIpc) is 3.21. The van der Waals surface area contributed by atoms with Crippen LogP contribution >= 0.6 is 11.3 Å². The number of aromatic nitrogens is 1. The fourth-order valence-corrected chi connectivity index (χ4v) is 5.40. The minimum Gasteiger partial charge on any atom is -0.493 e. The Hall–Kier alpha value is -4.38. The molecule has 2 heterocycles. The van der Waals surface area contributed by atoms with Gasteiger partial charge in [0.05, 0.1) is 49.8 Å². The molecule has 0 spiro atoms. The van der Waals surface area contributed by atoms with Gasteiger partial charge in [-0.15, -0.1) is 0 Å². The normalized spacial score (nSPS) is 14.8. The van der Waals surface area contributed by atoms with Gasteiger partial charge in [-0.2, -0.15) is 0 Å². The van der Waals surface area contributed by atoms with Gasteiger partial charge in [-0.05, 0) is 43.7 Å². The van der Waals surface area contributed by atoms with Crippen LogP contribution in [0, 0.1) is 0 Å². The van der Waals surface area contributed by atoms with E-state index in [4.69, 9.17) is 23.7 Å². The van der Waals surface area contributed by atoms with Gasteiger partial charge in [0, 0.05) is 12.5 Å². The van der Waals surface area contributed by atoms with Gasteiger partial charge in [0.2, 0.25) is 0 Å². The number of fused-ring (bicyclic) bond motifs is 1. The molecule has 10 nitrogen and oxygen atoms in total. The standard InChI is InChI=1S/C28H28N2O8S/c1-7-37-27(33)23-15(2)29-28-30(24(23)17-11-12-19(38-16(3)31)21(13-17)35-5)26(32)22(39-28)14-18-9-8-10-20(34-4)25(18)36-6/h8-14,24H,7H2,1-6H3. The third-order valence-electron chi connectivity index (χ3n) is 5.99. The van der Waals surface area contributed by atoms with Crippen LogP contribution in [0.15, 0.2) is 57.5 Å². The van der Waals surface area contributed by atoms with E-state index in [1.165, 1.54) is 44.2 Å². The Labute approximate surface area is 228 Å². The lowest BCUT2D eigenvalue weighted by atomic mass is 9.95. The summed E-state index contributed by atoms with van der Waals surface area (Å²) in [5, 5.41) is 0. The molecule has 3 aromatic rings. The van der Waals surface area contributed by atoms with Gasteiger partial charge < -0.3 is 23.7 Å². The largest absolute Gasteiger partial charge is 0.493 e. The number of carbonyl (C=O) groups is 2. The van der Waals surface area contributed by atoms with Crippen molar-refractivity contribution in [3.63, 3.8) is 0 Å². The zero-order valence-corrected chi connectivity index (χ0v) is 23.2. The van der Waals surface area contributed by atoms with E-state index in [0.29, 0.717) is 37.7 Å². The van der Waals surface area contributed by atoms with E-state index >= 15 is 0 Å². The lowest BCUT2D eigenvalue weighted by molar-refractivity contribution is -0.139. The van der Waals surface area contributed by atoms with Crippen LogP contribution < -0.4 is 33.8 Å². The van der Waals surface area contributed by atoms with Gasteiger partial charge >= 0.3 is 11.9 Å². The molecule has 39 heavy (non-hydrogen) atoms. The number of nitrogens with zero attached hydrogens (tertiary/aromatic N) is 2. The fourth-order valence-electron chi connectivity index (χ4n) is 4.37. The molecular formula is C28H28N2O8S. The number of esters is 2. The highest BCUT2D eigenvalue weighted by atomic mass is 32.1. The number of thiazole rings is 1. The molecule has 204 valence electrons. The van der Waals surface area contributed by atoms with E-state index in [0.717, 1.165) is 0 Å². The summed E-state index contributed by atoms with van der Waals surface area (Å²) in [5.41, 5.74) is 1.48. The lowest BCUT2D eigenvalue weighted by Crippen LogP contribution is -2.40. The van der Waals surface area contributed by atoms with Gasteiger partial charge in [-0.3, -0.25) is 14.2 Å². The molecule has 0 saturated heterocycles. The number of rotatable bonds is 8. The van der Waals surface area contributed by atoms with E-state index in [2.05, 4.69) is 4.99 Å². The number of hydrogen-bond donors (Lipinski definition) is 0. The number of allylic oxidation sites excluding steroid dienone is 1. The molecule has 11 heteroatoms. The monoisotopic (exact) mass is 552 g/mol. The molecule has 0 fully saturated rings. The quantitative estimate of drug-likeness (QED) is 0.310. The van der Waals surface area contributed by atoms with E-state index in [1.807, 2.05) is 6.07 Å². The molecule has 0 N–H and O–H groups in total. The average molecular weight is 553 g/mol. The van der Waals surface area contributed by atoms with Crippen molar-refractivity contribution in [2.24, 2.45) is 4.99 Å². The first-order valence-electron chi connectivity index (χ1n) is 12.0. The highest BCUT2D eigenvalue weighted by Crippen LogP contribution is 2.36. The molecule has 1 aliphatic rings. The topological polar surface area (TPSA) is 115 Å². The minimum atomic E-state index is -0.866. The predicted molar refractivity (Wildman–Crippen MR) is 144 cm³/mol. The molecular weight excluding hydrogens is 524 g/mol. The van der Waals surface area contributed by atoms with Gasteiger partial charge in [0.1, 0.15) is 0 Å². The molecule has 1 atom stereocenters. The minimum absolute atomic E-state index is 0.150. The van der Waals surface area contributed by atoms with E-state index in [-0.39, 0.29) is 29.2 Å². The molecule has 0 radical (unpaired) electrons. The number of hydrogen-bond acceptors (Lipinski definition) is 10. The van der Waals surface area contributed by atoms with Crippen molar-refractivity contribution in [3.8, 4) is 23.0 Å². The molecule has 0 aliphatic carbocycles. The Morgan fingerprint density at radius 1 is 1.05 bits per heavy atom. The second-order valence-corrected chi connectivity index (χ2v) is 9.40. The highest BCUT2D eigenvalue weighted by molar-refractivity contribution is 7.07. The molecule has 1 aliphatic heterocycles. The Morgan fingerprint density at radius 2 is 1.79 bits per heavy atom. The van der Waals surface area contributed by atoms with Crippen LogP contribution in [0.2, 0.25) is 0 Å². The number of methoxy groups -OCH3 is 3. The molecule has 2 aromatic carbocycles. The van der Waals surface area contributed by atoms with E-state index in [1.54, 1.807) is 50.3 Å². The van der Waals surface area contributed by atoms with Crippen molar-refractivity contribution < 1.29 is 33.3 Å². The predicted octanol–water partition coefficient (Wildman–Crippen LogP) is 2.75. The third kappa shape index (κ3) is 5.30. The number of carbonyl (C=O) groups excluding carboxylic acids is 2. The Balaban J connectivity index is 1.97. The first-order chi connectivity index (χ1) is 18.7. The van der Waals surface area contributed by atoms with Crippen LogP contribution in [0.3, 0.4) is 0 Å². The summed E-state index contributed by atoms with van der Waals surface area (Å²) in [7, 11) is 4.50. The lowest BCUT2D eigenvalue weighted by Gasteiger charge is -2.25. The molecule has 1 aromatic heterocycles. The smallest absolute Gasteiger partial charge is 0.338 e. The van der Waals surface area contributed by atoms with E-state index in [9.17, 15) is 14.4 Å². The number of ether oxygens (including phenoxy) is 5. The summed E-state index contributed by atoms with van der Waals surface area (Å²) in [4.78, 5) is 43.6. The summed E-state index contributed by atoms with van der Waals surface area (Å²) in [6.07, 6.45) is 1.70. The summed E-state index contributed by atoms with van der Waals surface area (Å²) in [6, 6.07) is 9.37. The van der Waals surface area contributed by atoms with Crippen molar-refractivity contribution in [1.29, 1.82) is 0 Å². The van der Waals surface area contributed by atoms with Crippen LogP contribution in [0.4, 0.5) is 0 Å². The molecule has 4 rings (SSSR count). The molecule has 0 amide bonds. The summed E-state index contributed by atoms with van der Waals surface area (Å²) >= 11 is 1.19. The first kappa shape index (κ1) is 27.6. The fraction of sp³-hybridized carbons (Fsp3) is 0.286. The SMILES string of the molecule is CCOC(=O)C1=C(C)N=c2sc(=Cc3cccc(OC)c3OC)c(=O)n2C1c1ccc(OC(C)=O)c(OC)c1. The van der Waals surface area contributed by atoms with Crippen LogP contribution in [0.5, 0.6) is 23.0 Å². The van der Waals surface area contributed by atoms with Gasteiger partial charge in [0.15, 0.2) is 27.8 Å². The summed E-state index contributed by atoms with van der Waals surface area (Å²) < 4.78 is 28.8. The third-order valence-corrected chi connectivity index (χ3v) is 6.98.